The molecule has 0 spiro atoms. The molecule has 3 N–H and O–H groups in total. The molecule has 6 atom stereocenters. The molecule has 1 aliphatic heterocycles. The Morgan fingerprint density at radius 1 is 1.37 bits per heavy atom. The van der Waals surface area contributed by atoms with Gasteiger partial charge >= 0.3 is 25.4 Å². The molecule has 1 saturated heterocycles. The van der Waals surface area contributed by atoms with E-state index >= 15 is 0 Å². The van der Waals surface area contributed by atoms with E-state index in [1.54, 1.807) is 6.92 Å². The molecular formula is C23H29N6O11P. The molecule has 0 aliphatic carbocycles. The highest BCUT2D eigenvalue weighted by Crippen LogP contribution is 2.47. The molecular weight excluding hydrogens is 567 g/mol. The first-order valence-electron chi connectivity index (χ1n) is 12.2. The Morgan fingerprint density at radius 2 is 2.10 bits per heavy atom. The number of aliphatic hydroxyl groups is 1. The number of azide groups is 1. The van der Waals surface area contributed by atoms with Crippen LogP contribution in [0.1, 0.15) is 37.4 Å². The Labute approximate surface area is 232 Å². The summed E-state index contributed by atoms with van der Waals surface area (Å²) in [4.78, 5) is 52.9. The Morgan fingerprint density at radius 3 is 2.73 bits per heavy atom. The number of H-pyrrole nitrogens is 1. The minimum Gasteiger partial charge on any atom is -0.468 e. The van der Waals surface area contributed by atoms with Gasteiger partial charge in [0, 0.05) is 17.2 Å². The summed E-state index contributed by atoms with van der Waals surface area (Å²) in [6.07, 6.45) is -3.28. The van der Waals surface area contributed by atoms with Crippen LogP contribution < -0.4 is 20.9 Å². The first kappa shape index (κ1) is 31.5. The maximum atomic E-state index is 13.8. The van der Waals surface area contributed by atoms with E-state index in [0.29, 0.717) is 0 Å². The number of hydrogen-bond donors (Lipinski definition) is 3. The van der Waals surface area contributed by atoms with Gasteiger partial charge in [0.2, 0.25) is 0 Å². The van der Waals surface area contributed by atoms with Gasteiger partial charge in [0.25, 0.3) is 5.56 Å². The minimum atomic E-state index is -4.49. The average Bonchev–Trinajstić information content (AvgIpc) is 3.16. The van der Waals surface area contributed by atoms with Crippen molar-refractivity contribution in [3.63, 3.8) is 0 Å². The summed E-state index contributed by atoms with van der Waals surface area (Å²) in [5, 5.41) is 17.1. The summed E-state index contributed by atoms with van der Waals surface area (Å²) >= 11 is 0. The fourth-order valence-corrected chi connectivity index (χ4v) is 5.45. The molecule has 0 saturated carbocycles. The highest BCUT2D eigenvalue weighted by atomic mass is 31.2. The van der Waals surface area contributed by atoms with Crippen molar-refractivity contribution in [1.29, 1.82) is 0 Å². The standard InChI is InChI=1S/C23H29N6O11P/c1-5-37-20(33)14-7-6-8-15(11-14)40-41(35,26-13(2)19(32)36-4)38-12-16-18(31)23(3,27-28-24)21(39-16)29-10-9-17(30)25-22(29)34/h6-11,13,16,18,21,31H,5,12H2,1-4H3,(H,26,35)(H,25,30,34)/t13-,16+,18+,21-,23+,41?/m0/s1. The Hall–Kier alpha value is -3.98. The fraction of sp³-hybridized carbons (Fsp3) is 0.478. The van der Waals surface area contributed by atoms with Gasteiger partial charge in [0.15, 0.2) is 6.23 Å². The molecule has 222 valence electrons. The number of methoxy groups -OCH3 is 1. The van der Waals surface area contributed by atoms with E-state index in [1.165, 1.54) is 38.1 Å². The number of rotatable bonds is 12. The molecule has 1 aromatic carbocycles. The molecule has 0 radical (unpaired) electrons. The third-order valence-electron chi connectivity index (χ3n) is 6.00. The number of nitrogens with zero attached hydrogens (tertiary/aromatic N) is 4. The van der Waals surface area contributed by atoms with E-state index in [0.717, 1.165) is 23.9 Å². The van der Waals surface area contributed by atoms with Gasteiger partial charge in [0.1, 0.15) is 23.4 Å². The smallest absolute Gasteiger partial charge is 0.459 e. The van der Waals surface area contributed by atoms with Crippen molar-refractivity contribution in [3.8, 4) is 5.75 Å². The largest absolute Gasteiger partial charge is 0.468 e. The lowest BCUT2D eigenvalue weighted by Gasteiger charge is -2.28. The Balaban J connectivity index is 1.91. The van der Waals surface area contributed by atoms with Gasteiger partial charge in [-0.3, -0.25) is 23.7 Å². The highest BCUT2D eigenvalue weighted by Gasteiger charge is 2.55. The maximum absolute atomic E-state index is 13.8. The van der Waals surface area contributed by atoms with E-state index in [9.17, 15) is 28.8 Å². The van der Waals surface area contributed by atoms with Gasteiger partial charge in [0.05, 0.1) is 32.0 Å². The number of aromatic nitrogens is 2. The van der Waals surface area contributed by atoms with Gasteiger partial charge < -0.3 is 23.8 Å². The van der Waals surface area contributed by atoms with Crippen molar-refractivity contribution < 1.29 is 42.5 Å². The molecule has 1 aromatic heterocycles. The lowest BCUT2D eigenvalue weighted by atomic mass is 9.93. The summed E-state index contributed by atoms with van der Waals surface area (Å²) < 4.78 is 41.2. The first-order chi connectivity index (χ1) is 19.4. The van der Waals surface area contributed by atoms with Crippen LogP contribution in [-0.2, 0) is 28.1 Å². The third kappa shape index (κ3) is 7.21. The van der Waals surface area contributed by atoms with Crippen LogP contribution in [0, 0.1) is 0 Å². The van der Waals surface area contributed by atoms with Crippen molar-refractivity contribution in [2.45, 2.75) is 50.8 Å². The van der Waals surface area contributed by atoms with E-state index in [1.807, 2.05) is 4.98 Å². The summed E-state index contributed by atoms with van der Waals surface area (Å²) in [5.41, 5.74) is 5.85. The molecule has 2 heterocycles. The van der Waals surface area contributed by atoms with Crippen LogP contribution in [0.15, 0.2) is 51.2 Å². The summed E-state index contributed by atoms with van der Waals surface area (Å²) in [6.45, 7) is 3.73. The summed E-state index contributed by atoms with van der Waals surface area (Å²) in [6, 6.07) is 5.34. The molecule has 18 heteroatoms. The minimum absolute atomic E-state index is 0.0887. The second kappa shape index (κ2) is 13.1. The number of carbonyl (C=O) groups excluding carboxylic acids is 2. The number of aliphatic hydroxyl groups excluding tert-OH is 1. The summed E-state index contributed by atoms with van der Waals surface area (Å²) in [7, 11) is -3.37. The number of carbonyl (C=O) groups is 2. The van der Waals surface area contributed by atoms with Gasteiger partial charge in [-0.15, -0.1) is 0 Å². The van der Waals surface area contributed by atoms with Gasteiger partial charge in [-0.25, -0.2) is 14.2 Å². The number of nitrogens with one attached hydrogen (secondary N) is 2. The molecule has 1 fully saturated rings. The zero-order valence-electron chi connectivity index (χ0n) is 22.5. The number of ether oxygens (including phenoxy) is 3. The lowest BCUT2D eigenvalue weighted by Crippen LogP contribution is -2.45. The van der Waals surface area contributed by atoms with Crippen molar-refractivity contribution >= 4 is 19.7 Å². The van der Waals surface area contributed by atoms with E-state index in [2.05, 4.69) is 19.9 Å². The molecule has 1 unspecified atom stereocenters. The molecule has 3 rings (SSSR count). The third-order valence-corrected chi connectivity index (χ3v) is 7.65. The summed E-state index contributed by atoms with van der Waals surface area (Å²) in [5.74, 6) is -1.55. The van der Waals surface area contributed by atoms with Crippen LogP contribution in [0.25, 0.3) is 10.4 Å². The van der Waals surface area contributed by atoms with Crippen LogP contribution in [-0.4, -0.2) is 70.7 Å². The average molecular weight is 596 g/mol. The van der Waals surface area contributed by atoms with Gasteiger partial charge in [-0.05, 0) is 44.5 Å². The second-order valence-corrected chi connectivity index (χ2v) is 10.6. The SMILES string of the molecule is CCOC(=O)c1cccc(OP(=O)(N[C@@H](C)C(=O)OC)OC[C@H]2O[C@H](n3ccc(=O)[nH]c3=O)[C@](C)(N=[N+]=[N-])[C@@H]2O)c1. The van der Waals surface area contributed by atoms with E-state index in [-0.39, 0.29) is 17.9 Å². The van der Waals surface area contributed by atoms with Crippen molar-refractivity contribution in [2.75, 3.05) is 20.3 Å². The Kier molecular flexibility index (Phi) is 10.1. The first-order valence-corrected chi connectivity index (χ1v) is 13.7. The molecule has 0 amide bonds. The zero-order valence-corrected chi connectivity index (χ0v) is 23.3. The van der Waals surface area contributed by atoms with E-state index < -0.39 is 67.6 Å². The topological polar surface area (TPSA) is 233 Å². The molecule has 41 heavy (non-hydrogen) atoms. The fourth-order valence-electron chi connectivity index (χ4n) is 3.96. The van der Waals surface area contributed by atoms with Crippen LogP contribution in [0.4, 0.5) is 0 Å². The van der Waals surface area contributed by atoms with Crippen molar-refractivity contribution in [3.05, 3.63) is 73.4 Å². The van der Waals surface area contributed by atoms with Gasteiger partial charge in [-0.1, -0.05) is 11.2 Å². The second-order valence-electron chi connectivity index (χ2n) is 8.91. The number of benzene rings is 1. The van der Waals surface area contributed by atoms with Crippen LogP contribution in [0.3, 0.4) is 0 Å². The lowest BCUT2D eigenvalue weighted by molar-refractivity contribution is -0.142. The molecule has 2 aromatic rings. The molecule has 1 aliphatic rings. The number of hydrogen-bond acceptors (Lipinski definition) is 12. The Bertz CT molecular complexity index is 1490. The van der Waals surface area contributed by atoms with E-state index in [4.69, 9.17) is 24.1 Å². The monoisotopic (exact) mass is 596 g/mol. The normalized spacial score (nSPS) is 24.0. The van der Waals surface area contributed by atoms with Crippen LogP contribution in [0.5, 0.6) is 5.75 Å². The van der Waals surface area contributed by atoms with Crippen LogP contribution >= 0.6 is 7.75 Å². The number of aromatic amines is 1. The highest BCUT2D eigenvalue weighted by molar-refractivity contribution is 7.52. The van der Waals surface area contributed by atoms with Crippen LogP contribution in [0.2, 0.25) is 0 Å². The maximum Gasteiger partial charge on any atom is 0.459 e. The number of esters is 2. The van der Waals surface area contributed by atoms with Crippen molar-refractivity contribution in [2.24, 2.45) is 5.11 Å². The van der Waals surface area contributed by atoms with Gasteiger partial charge in [-0.2, -0.15) is 5.09 Å². The quantitative estimate of drug-likeness (QED) is 0.104. The van der Waals surface area contributed by atoms with Crippen molar-refractivity contribution in [1.82, 2.24) is 14.6 Å². The zero-order chi connectivity index (χ0) is 30.4. The molecule has 0 bridgehead atoms. The molecule has 17 nitrogen and oxygen atoms in total. The predicted octanol–water partition coefficient (Wildman–Crippen LogP) is 1.40. The predicted molar refractivity (Wildman–Crippen MR) is 140 cm³/mol.